The maximum absolute atomic E-state index is 13.1. The van der Waals surface area contributed by atoms with Crippen molar-refractivity contribution in [1.29, 1.82) is 0 Å². The highest BCUT2D eigenvalue weighted by Crippen LogP contribution is 2.23. The first kappa shape index (κ1) is 20.1. The average molecular weight is 355 g/mol. The van der Waals surface area contributed by atoms with E-state index in [1.165, 1.54) is 24.3 Å². The molecule has 0 aliphatic heterocycles. The molecule has 0 bridgehead atoms. The first-order valence-electron chi connectivity index (χ1n) is 7.51. The molecule has 1 unspecified atom stereocenters. The molecule has 130 valence electrons. The van der Waals surface area contributed by atoms with Gasteiger partial charge in [0.05, 0.1) is 6.04 Å². The number of halogens is 3. The summed E-state index contributed by atoms with van der Waals surface area (Å²) in [5, 5.41) is 2.90. The number of hydrogen-bond acceptors (Lipinski definition) is 2. The zero-order valence-electron chi connectivity index (χ0n) is 13.3. The number of rotatable bonds is 6. The molecule has 1 atom stereocenters. The van der Waals surface area contributed by atoms with Crippen molar-refractivity contribution in [3.63, 3.8) is 0 Å². The van der Waals surface area contributed by atoms with Crippen LogP contribution in [0.4, 0.5) is 8.78 Å². The lowest BCUT2D eigenvalue weighted by atomic mass is 9.98. The molecule has 0 radical (unpaired) electrons. The smallest absolute Gasteiger partial charge is 0.220 e. The van der Waals surface area contributed by atoms with E-state index in [1.807, 2.05) is 6.92 Å². The van der Waals surface area contributed by atoms with Crippen LogP contribution in [0.15, 0.2) is 48.5 Å². The fourth-order valence-corrected chi connectivity index (χ4v) is 2.26. The van der Waals surface area contributed by atoms with E-state index in [1.54, 1.807) is 24.3 Å². The maximum atomic E-state index is 13.1. The number of amides is 1. The monoisotopic (exact) mass is 354 g/mol. The van der Waals surface area contributed by atoms with Crippen molar-refractivity contribution in [3.8, 4) is 0 Å². The van der Waals surface area contributed by atoms with Gasteiger partial charge in [-0.25, -0.2) is 8.78 Å². The van der Waals surface area contributed by atoms with Crippen molar-refractivity contribution in [1.82, 2.24) is 5.32 Å². The Morgan fingerprint density at radius 1 is 1.00 bits per heavy atom. The van der Waals surface area contributed by atoms with Crippen molar-refractivity contribution in [2.24, 2.45) is 5.73 Å². The molecule has 2 rings (SSSR count). The predicted molar refractivity (Wildman–Crippen MR) is 92.9 cm³/mol. The Morgan fingerprint density at radius 3 is 1.79 bits per heavy atom. The van der Waals surface area contributed by atoms with Gasteiger partial charge in [-0.05, 0) is 48.7 Å². The first-order chi connectivity index (χ1) is 11.0. The minimum absolute atomic E-state index is 0. The van der Waals surface area contributed by atoms with E-state index < -0.39 is 6.04 Å². The molecule has 0 heterocycles. The number of carbonyl (C=O) groups is 1. The largest absolute Gasteiger partial charge is 0.345 e. The zero-order valence-corrected chi connectivity index (χ0v) is 14.2. The molecule has 0 aliphatic carbocycles. The Morgan fingerprint density at radius 2 is 1.42 bits per heavy atom. The third-order valence-corrected chi connectivity index (χ3v) is 3.54. The summed E-state index contributed by atoms with van der Waals surface area (Å²) in [6.07, 6.45) is 0.877. The fourth-order valence-electron chi connectivity index (χ4n) is 2.26. The van der Waals surface area contributed by atoms with Gasteiger partial charge in [-0.1, -0.05) is 24.3 Å². The minimum atomic E-state index is -0.461. The fraction of sp³-hybridized carbons (Fsp3) is 0.278. The minimum Gasteiger partial charge on any atom is -0.345 e. The third-order valence-electron chi connectivity index (χ3n) is 3.54. The molecule has 1 amide bonds. The second-order valence-corrected chi connectivity index (χ2v) is 5.62. The van der Waals surface area contributed by atoms with Crippen molar-refractivity contribution < 1.29 is 13.6 Å². The highest BCUT2D eigenvalue weighted by molar-refractivity contribution is 5.85. The summed E-state index contributed by atoms with van der Waals surface area (Å²) in [4.78, 5) is 12.1. The highest BCUT2D eigenvalue weighted by atomic mass is 35.5. The van der Waals surface area contributed by atoms with Gasteiger partial charge in [-0.2, -0.15) is 0 Å². The van der Waals surface area contributed by atoms with Crippen molar-refractivity contribution in [2.45, 2.75) is 31.8 Å². The molecule has 0 aromatic heterocycles. The Hall–Kier alpha value is -1.98. The Labute approximate surface area is 146 Å². The molecule has 0 aliphatic rings. The quantitative estimate of drug-likeness (QED) is 0.830. The SMILES string of the molecule is CC(N)CCC(=O)NC(c1ccc(F)cc1)c1ccc(F)cc1.Cl. The van der Waals surface area contributed by atoms with Gasteiger partial charge in [-0.15, -0.1) is 12.4 Å². The number of benzene rings is 2. The lowest BCUT2D eigenvalue weighted by molar-refractivity contribution is -0.121. The van der Waals surface area contributed by atoms with Crippen molar-refractivity contribution >= 4 is 18.3 Å². The van der Waals surface area contributed by atoms with Crippen LogP contribution in [0.5, 0.6) is 0 Å². The standard InChI is InChI=1S/C18H20F2N2O.ClH/c1-12(21)2-11-17(23)22-18(13-3-7-15(19)8-4-13)14-5-9-16(20)10-6-14;/h3-10,12,18H,2,11,21H2,1H3,(H,22,23);1H. The lowest BCUT2D eigenvalue weighted by Crippen LogP contribution is -2.30. The molecule has 0 saturated heterocycles. The summed E-state index contributed by atoms with van der Waals surface area (Å²) in [6.45, 7) is 1.84. The predicted octanol–water partition coefficient (Wildman–Crippen LogP) is 3.72. The normalized spacial score (nSPS) is 11.7. The summed E-state index contributed by atoms with van der Waals surface area (Å²) in [5.74, 6) is -0.856. The molecule has 0 saturated carbocycles. The number of nitrogens with one attached hydrogen (secondary N) is 1. The van der Waals surface area contributed by atoms with Gasteiger partial charge >= 0.3 is 0 Å². The molecule has 6 heteroatoms. The molecule has 2 aromatic carbocycles. The van der Waals surface area contributed by atoms with Crippen LogP contribution in [0, 0.1) is 11.6 Å². The summed E-state index contributed by atoms with van der Waals surface area (Å²) in [6, 6.07) is 11.2. The number of carbonyl (C=O) groups excluding carboxylic acids is 1. The molecule has 2 aromatic rings. The first-order valence-corrected chi connectivity index (χ1v) is 7.51. The van der Waals surface area contributed by atoms with Gasteiger partial charge in [0.1, 0.15) is 11.6 Å². The molecule has 0 spiro atoms. The van der Waals surface area contributed by atoms with Gasteiger partial charge in [0.2, 0.25) is 5.91 Å². The molecule has 3 nitrogen and oxygen atoms in total. The van der Waals surface area contributed by atoms with Crippen molar-refractivity contribution in [2.75, 3.05) is 0 Å². The van der Waals surface area contributed by atoms with Crippen LogP contribution in [0.3, 0.4) is 0 Å². The van der Waals surface area contributed by atoms with Gasteiger partial charge in [-0.3, -0.25) is 4.79 Å². The van der Waals surface area contributed by atoms with Crippen LogP contribution in [0.25, 0.3) is 0 Å². The second-order valence-electron chi connectivity index (χ2n) is 5.62. The highest BCUT2D eigenvalue weighted by Gasteiger charge is 2.17. The number of nitrogens with two attached hydrogens (primary N) is 1. The van der Waals surface area contributed by atoms with E-state index in [4.69, 9.17) is 5.73 Å². The Kier molecular flexibility index (Phi) is 7.82. The van der Waals surface area contributed by atoms with Crippen LogP contribution in [0.2, 0.25) is 0 Å². The second kappa shape index (κ2) is 9.35. The van der Waals surface area contributed by atoms with Gasteiger partial charge in [0, 0.05) is 12.5 Å². The van der Waals surface area contributed by atoms with Crippen LogP contribution in [-0.2, 0) is 4.79 Å². The van der Waals surface area contributed by atoms with Crippen molar-refractivity contribution in [3.05, 3.63) is 71.3 Å². The van der Waals surface area contributed by atoms with Crippen LogP contribution in [-0.4, -0.2) is 11.9 Å². The molecular weight excluding hydrogens is 334 g/mol. The maximum Gasteiger partial charge on any atom is 0.220 e. The third kappa shape index (κ3) is 5.91. The lowest BCUT2D eigenvalue weighted by Gasteiger charge is -2.20. The number of hydrogen-bond donors (Lipinski definition) is 2. The van der Waals surface area contributed by atoms with E-state index in [0.29, 0.717) is 12.8 Å². The zero-order chi connectivity index (χ0) is 16.8. The summed E-state index contributed by atoms with van der Waals surface area (Å²) >= 11 is 0. The molecule has 0 fully saturated rings. The summed E-state index contributed by atoms with van der Waals surface area (Å²) in [7, 11) is 0. The topological polar surface area (TPSA) is 55.1 Å². The Balaban J connectivity index is 0.00000288. The Bertz CT molecular complexity index is 600. The van der Waals surface area contributed by atoms with Gasteiger partial charge < -0.3 is 11.1 Å². The van der Waals surface area contributed by atoms with E-state index >= 15 is 0 Å². The van der Waals surface area contributed by atoms with Crippen LogP contribution in [0.1, 0.15) is 36.9 Å². The van der Waals surface area contributed by atoms with E-state index in [9.17, 15) is 13.6 Å². The van der Waals surface area contributed by atoms with E-state index in [0.717, 1.165) is 11.1 Å². The molecule has 24 heavy (non-hydrogen) atoms. The van der Waals surface area contributed by atoms with Crippen LogP contribution < -0.4 is 11.1 Å². The summed E-state index contributed by atoms with van der Waals surface area (Å²) < 4.78 is 26.3. The van der Waals surface area contributed by atoms with Gasteiger partial charge in [0.15, 0.2) is 0 Å². The molecular formula is C18H21ClF2N2O. The van der Waals surface area contributed by atoms with E-state index in [-0.39, 0.29) is 36.0 Å². The van der Waals surface area contributed by atoms with Crippen LogP contribution >= 0.6 is 12.4 Å². The van der Waals surface area contributed by atoms with Gasteiger partial charge in [0.25, 0.3) is 0 Å². The molecule has 3 N–H and O–H groups in total. The van der Waals surface area contributed by atoms with E-state index in [2.05, 4.69) is 5.32 Å². The average Bonchev–Trinajstić information content (AvgIpc) is 2.52. The summed E-state index contributed by atoms with van der Waals surface area (Å²) in [5.41, 5.74) is 7.12.